The van der Waals surface area contributed by atoms with Gasteiger partial charge in [0.1, 0.15) is 5.65 Å². The third-order valence-corrected chi connectivity index (χ3v) is 6.42. The fourth-order valence-electron chi connectivity index (χ4n) is 4.39. The predicted octanol–water partition coefficient (Wildman–Crippen LogP) is 5.10. The number of aromatic nitrogens is 3. The summed E-state index contributed by atoms with van der Waals surface area (Å²) in [6.07, 6.45) is 3.41. The average molecular weight is 434 g/mol. The Balaban J connectivity index is 1.60. The minimum Gasteiger partial charge on any atom is -0.359 e. The van der Waals surface area contributed by atoms with Gasteiger partial charge in [-0.15, -0.1) is 0 Å². The minimum atomic E-state index is 0.744. The van der Waals surface area contributed by atoms with E-state index in [0.29, 0.717) is 0 Å². The second kappa shape index (κ2) is 8.50. The van der Waals surface area contributed by atoms with Crippen LogP contribution in [0.25, 0.3) is 28.2 Å². The van der Waals surface area contributed by atoms with Crippen molar-refractivity contribution in [2.45, 2.75) is 19.9 Å². The van der Waals surface area contributed by atoms with Crippen molar-refractivity contribution < 1.29 is 0 Å². The zero-order valence-corrected chi connectivity index (χ0v) is 18.9. The van der Waals surface area contributed by atoms with Crippen LogP contribution in [0.1, 0.15) is 17.8 Å². The molecule has 1 aliphatic heterocycles. The number of benzene rings is 1. The van der Waals surface area contributed by atoms with E-state index < -0.39 is 0 Å². The third kappa shape index (κ3) is 4.26. The molecule has 5 rings (SSSR count). The van der Waals surface area contributed by atoms with Crippen molar-refractivity contribution in [1.29, 1.82) is 0 Å². The van der Waals surface area contributed by atoms with Gasteiger partial charge in [0.15, 0.2) is 0 Å². The van der Waals surface area contributed by atoms with E-state index in [1.165, 1.54) is 12.1 Å². The summed E-state index contributed by atoms with van der Waals surface area (Å²) in [4.78, 5) is 13.5. The highest BCUT2D eigenvalue weighted by atomic mass is 35.5. The van der Waals surface area contributed by atoms with Crippen molar-refractivity contribution in [1.82, 2.24) is 24.2 Å². The Bertz CT molecular complexity index is 1190. The molecule has 4 aromatic rings. The summed E-state index contributed by atoms with van der Waals surface area (Å²) in [6.45, 7) is 7.39. The van der Waals surface area contributed by atoms with Crippen LogP contribution in [0.5, 0.6) is 0 Å². The number of hydrogen-bond donors (Lipinski definition) is 1. The number of H-pyrrole nitrogens is 1. The van der Waals surface area contributed by atoms with Crippen LogP contribution in [0.3, 0.4) is 0 Å². The molecule has 0 radical (unpaired) electrons. The monoisotopic (exact) mass is 433 g/mol. The number of hydrogen-bond acceptors (Lipinski definition) is 3. The van der Waals surface area contributed by atoms with Gasteiger partial charge in [-0.05, 0) is 69.9 Å². The molecule has 3 aromatic heterocycles. The first-order chi connectivity index (χ1) is 15.1. The van der Waals surface area contributed by atoms with Crippen LogP contribution >= 0.6 is 11.6 Å². The van der Waals surface area contributed by atoms with E-state index in [-0.39, 0.29) is 0 Å². The summed E-state index contributed by atoms with van der Waals surface area (Å²) in [7, 11) is 2.21. The minimum absolute atomic E-state index is 0.744. The molecule has 0 aliphatic carbocycles. The third-order valence-electron chi connectivity index (χ3n) is 6.16. The van der Waals surface area contributed by atoms with Gasteiger partial charge < -0.3 is 14.3 Å². The van der Waals surface area contributed by atoms with Crippen LogP contribution in [-0.4, -0.2) is 57.4 Å². The summed E-state index contributed by atoms with van der Waals surface area (Å²) in [6, 6.07) is 16.5. The number of likely N-dealkylation sites (N-methyl/N-ethyl adjacent to an activating group) is 1. The lowest BCUT2D eigenvalue weighted by Crippen LogP contribution is -2.29. The maximum atomic E-state index is 6.15. The number of imidazole rings is 1. The number of halogens is 1. The Kier molecular flexibility index (Phi) is 5.57. The lowest BCUT2D eigenvalue weighted by Gasteiger charge is -2.20. The molecule has 0 saturated carbocycles. The first kappa shape index (κ1) is 20.3. The molecule has 4 heterocycles. The van der Waals surface area contributed by atoms with Gasteiger partial charge in [0.2, 0.25) is 0 Å². The topological polar surface area (TPSA) is 39.6 Å². The molecular formula is C25H28ClN5. The number of fused-ring (bicyclic) bond motifs is 1. The lowest BCUT2D eigenvalue weighted by atomic mass is 10.1. The lowest BCUT2D eigenvalue weighted by molar-refractivity contribution is 0.266. The molecule has 0 atom stereocenters. The molecule has 1 aromatic carbocycles. The smallest absolute Gasteiger partial charge is 0.137 e. The molecule has 5 nitrogen and oxygen atoms in total. The highest BCUT2D eigenvalue weighted by Crippen LogP contribution is 2.29. The van der Waals surface area contributed by atoms with Gasteiger partial charge in [0.05, 0.1) is 11.4 Å². The van der Waals surface area contributed by atoms with E-state index in [1.807, 2.05) is 12.1 Å². The van der Waals surface area contributed by atoms with Crippen molar-refractivity contribution in [3.8, 4) is 22.5 Å². The van der Waals surface area contributed by atoms with E-state index in [1.54, 1.807) is 0 Å². The maximum absolute atomic E-state index is 6.15. The Morgan fingerprint density at radius 2 is 1.74 bits per heavy atom. The van der Waals surface area contributed by atoms with Crippen molar-refractivity contribution >= 4 is 17.2 Å². The summed E-state index contributed by atoms with van der Waals surface area (Å²) < 4.78 is 2.27. The van der Waals surface area contributed by atoms with E-state index in [4.69, 9.17) is 16.6 Å². The van der Waals surface area contributed by atoms with Crippen molar-refractivity contribution in [3.63, 3.8) is 0 Å². The molecule has 6 heteroatoms. The summed E-state index contributed by atoms with van der Waals surface area (Å²) in [5, 5.41) is 0.744. The Morgan fingerprint density at radius 3 is 2.52 bits per heavy atom. The predicted molar refractivity (Wildman–Crippen MR) is 128 cm³/mol. The summed E-state index contributed by atoms with van der Waals surface area (Å²) in [5.41, 5.74) is 7.80. The molecule has 0 bridgehead atoms. The normalized spacial score (nSPS) is 16.1. The highest BCUT2D eigenvalue weighted by molar-refractivity contribution is 6.30. The SMILES string of the molecule is Cc1ccc(-c2ccc3nc(-c4ccc(Cl)cc4)c(CN4CCCN(C)CC4)n3c2)[nH]1. The standard InChI is InChI=1S/C25H28ClN5/c1-18-4-10-22(27-18)20-7-11-24-28-25(19-5-8-21(26)9-6-19)23(31(24)16-20)17-30-13-3-12-29(2)14-15-30/h4-11,16,27H,3,12-15,17H2,1-2H3. The van der Waals surface area contributed by atoms with Crippen LogP contribution in [0.4, 0.5) is 0 Å². The van der Waals surface area contributed by atoms with Gasteiger partial charge in [0, 0.05) is 53.4 Å². The second-order valence-corrected chi connectivity index (χ2v) is 8.98. The fourth-order valence-corrected chi connectivity index (χ4v) is 4.51. The Morgan fingerprint density at radius 1 is 0.935 bits per heavy atom. The van der Waals surface area contributed by atoms with Crippen LogP contribution in [-0.2, 0) is 6.54 Å². The quantitative estimate of drug-likeness (QED) is 0.487. The first-order valence-electron chi connectivity index (χ1n) is 10.9. The molecule has 1 fully saturated rings. The van der Waals surface area contributed by atoms with Gasteiger partial charge in [-0.25, -0.2) is 4.98 Å². The van der Waals surface area contributed by atoms with E-state index >= 15 is 0 Å². The molecule has 1 N–H and O–H groups in total. The van der Waals surface area contributed by atoms with E-state index in [0.717, 1.165) is 71.6 Å². The fraction of sp³-hybridized carbons (Fsp3) is 0.320. The summed E-state index contributed by atoms with van der Waals surface area (Å²) >= 11 is 6.15. The molecule has 1 aliphatic rings. The van der Waals surface area contributed by atoms with Gasteiger partial charge in [-0.2, -0.15) is 0 Å². The molecule has 0 unspecified atom stereocenters. The zero-order chi connectivity index (χ0) is 21.4. The highest BCUT2D eigenvalue weighted by Gasteiger charge is 2.20. The van der Waals surface area contributed by atoms with Gasteiger partial charge in [-0.3, -0.25) is 4.90 Å². The number of rotatable bonds is 4. The summed E-state index contributed by atoms with van der Waals surface area (Å²) in [5.74, 6) is 0. The molecular weight excluding hydrogens is 406 g/mol. The first-order valence-corrected chi connectivity index (χ1v) is 11.3. The van der Waals surface area contributed by atoms with Crippen LogP contribution in [0.2, 0.25) is 5.02 Å². The maximum Gasteiger partial charge on any atom is 0.137 e. The van der Waals surface area contributed by atoms with Crippen molar-refractivity contribution in [2.75, 3.05) is 33.2 Å². The van der Waals surface area contributed by atoms with Crippen molar-refractivity contribution in [2.24, 2.45) is 0 Å². The van der Waals surface area contributed by atoms with E-state index in [2.05, 4.69) is 75.8 Å². The molecule has 1 saturated heterocycles. The molecule has 31 heavy (non-hydrogen) atoms. The molecule has 0 spiro atoms. The Labute approximate surface area is 188 Å². The second-order valence-electron chi connectivity index (χ2n) is 8.55. The van der Waals surface area contributed by atoms with Crippen LogP contribution < -0.4 is 0 Å². The van der Waals surface area contributed by atoms with Gasteiger partial charge in [-0.1, -0.05) is 23.7 Å². The van der Waals surface area contributed by atoms with Crippen molar-refractivity contribution in [3.05, 3.63) is 71.1 Å². The largest absolute Gasteiger partial charge is 0.359 e. The zero-order valence-electron chi connectivity index (χ0n) is 18.1. The number of pyridine rings is 1. The van der Waals surface area contributed by atoms with E-state index in [9.17, 15) is 0 Å². The number of nitrogens with one attached hydrogen (secondary N) is 1. The average Bonchev–Trinajstić information content (AvgIpc) is 3.29. The molecule has 0 amide bonds. The number of nitrogens with zero attached hydrogens (tertiary/aromatic N) is 4. The van der Waals surface area contributed by atoms with Gasteiger partial charge in [0.25, 0.3) is 0 Å². The van der Waals surface area contributed by atoms with Gasteiger partial charge >= 0.3 is 0 Å². The molecule has 160 valence electrons. The number of aryl methyl sites for hydroxylation is 1. The number of aromatic amines is 1. The Hall–Kier alpha value is -2.60. The van der Waals surface area contributed by atoms with Crippen LogP contribution in [0, 0.1) is 6.92 Å². The van der Waals surface area contributed by atoms with Crippen LogP contribution in [0.15, 0.2) is 54.7 Å².